The molecule has 0 saturated heterocycles. The summed E-state index contributed by atoms with van der Waals surface area (Å²) in [6, 6.07) is 31.4. The number of fused-ring (bicyclic) bond motifs is 1. The summed E-state index contributed by atoms with van der Waals surface area (Å²) in [4.78, 5) is 14.1. The Labute approximate surface area is 323 Å². The zero-order chi connectivity index (χ0) is 37.0. The van der Waals surface area contributed by atoms with Crippen molar-refractivity contribution in [3.63, 3.8) is 0 Å². The lowest BCUT2D eigenvalue weighted by atomic mass is 9.83. The van der Waals surface area contributed by atoms with Crippen LogP contribution in [0.5, 0.6) is 11.5 Å². The average Bonchev–Trinajstić information content (AvgIpc) is 3.46. The third-order valence-corrected chi connectivity index (χ3v) is 10.6. The number of cyclic esters (lactones) is 1. The van der Waals surface area contributed by atoms with E-state index in [0.717, 1.165) is 57.9 Å². The van der Waals surface area contributed by atoms with Crippen LogP contribution in [-0.2, 0) is 10.3 Å². The molecule has 0 saturated carbocycles. The number of hydrogen-bond acceptors (Lipinski definition) is 6. The van der Waals surface area contributed by atoms with Crippen LogP contribution in [0.25, 0.3) is 11.1 Å². The SMILES string of the molecule is CCNc1ccc(C(=CC2(C=C(c3ccc(NCC)cc3)c3ccc(OC)cc3)OC(=O)c3c(Cl)c(Cl)c(Cl)c(Cl)c32)c2ccc(OC)cc2)cc1. The minimum absolute atomic E-state index is 0.0125. The van der Waals surface area contributed by atoms with Crippen LogP contribution in [0.15, 0.2) is 109 Å². The van der Waals surface area contributed by atoms with Crippen molar-refractivity contribution in [3.8, 4) is 11.5 Å². The van der Waals surface area contributed by atoms with Crippen LogP contribution < -0.4 is 20.1 Å². The highest BCUT2D eigenvalue weighted by molar-refractivity contribution is 6.53. The van der Waals surface area contributed by atoms with Crippen LogP contribution in [0.1, 0.15) is 52.0 Å². The van der Waals surface area contributed by atoms with Crippen molar-refractivity contribution in [2.45, 2.75) is 19.4 Å². The molecule has 6 nitrogen and oxygen atoms in total. The fourth-order valence-electron chi connectivity index (χ4n) is 6.27. The van der Waals surface area contributed by atoms with Gasteiger partial charge in [0.1, 0.15) is 11.5 Å². The van der Waals surface area contributed by atoms with Crippen molar-refractivity contribution in [2.75, 3.05) is 37.9 Å². The summed E-state index contributed by atoms with van der Waals surface area (Å²) in [5, 5.41) is 6.69. The molecular formula is C42H36Cl4N2O4. The maximum absolute atomic E-state index is 14.1. The Balaban J connectivity index is 1.72. The maximum atomic E-state index is 14.1. The second-order valence-electron chi connectivity index (χ2n) is 12.0. The standard InChI is InChI=1S/C42H36Cl4N2O4/c1-5-47-29-15-7-25(8-16-29)33(27-11-19-31(50-3)20-12-27)23-42(36-35(41(49)52-42)37(43)39(45)40(46)38(36)44)24-34(28-13-21-32(51-4)22-14-28)26-9-17-30(18-10-26)48-6-2/h7-24,47-48H,5-6H2,1-4H3. The number of methoxy groups -OCH3 is 2. The Morgan fingerprint density at radius 1 is 0.596 bits per heavy atom. The smallest absolute Gasteiger partial charge is 0.341 e. The lowest BCUT2D eigenvalue weighted by Gasteiger charge is -2.27. The van der Waals surface area contributed by atoms with Crippen molar-refractivity contribution in [1.29, 1.82) is 0 Å². The van der Waals surface area contributed by atoms with Crippen molar-refractivity contribution in [3.05, 3.63) is 163 Å². The van der Waals surface area contributed by atoms with E-state index in [9.17, 15) is 4.79 Å². The van der Waals surface area contributed by atoms with Crippen LogP contribution in [0, 0.1) is 0 Å². The Kier molecular flexibility index (Phi) is 11.4. The van der Waals surface area contributed by atoms with Gasteiger partial charge in [0.2, 0.25) is 0 Å². The number of rotatable bonds is 12. The number of carbonyl (C=O) groups is 1. The van der Waals surface area contributed by atoms with Gasteiger partial charge in [0.25, 0.3) is 0 Å². The van der Waals surface area contributed by atoms with E-state index < -0.39 is 11.6 Å². The van der Waals surface area contributed by atoms with E-state index in [0.29, 0.717) is 11.5 Å². The molecular weight excluding hydrogens is 738 g/mol. The first kappa shape index (κ1) is 37.2. The van der Waals surface area contributed by atoms with Gasteiger partial charge in [0, 0.05) is 30.0 Å². The second-order valence-corrected chi connectivity index (χ2v) is 13.5. The summed E-state index contributed by atoms with van der Waals surface area (Å²) in [6.07, 6.45) is 3.79. The Hall–Kier alpha value is -4.59. The van der Waals surface area contributed by atoms with Crippen LogP contribution in [0.2, 0.25) is 20.1 Å². The number of carbonyl (C=O) groups excluding carboxylic acids is 1. The van der Waals surface area contributed by atoms with E-state index in [1.165, 1.54) is 0 Å². The van der Waals surface area contributed by atoms with Gasteiger partial charge >= 0.3 is 5.97 Å². The normalized spacial score (nSPS) is 15.6. The molecule has 266 valence electrons. The molecule has 0 bridgehead atoms. The molecule has 2 N–H and O–H groups in total. The largest absolute Gasteiger partial charge is 0.497 e. The van der Waals surface area contributed by atoms with Gasteiger partial charge in [-0.1, -0.05) is 94.9 Å². The van der Waals surface area contributed by atoms with Gasteiger partial charge in [0.05, 0.1) is 39.9 Å². The number of halogens is 4. The van der Waals surface area contributed by atoms with Crippen molar-refractivity contribution < 1.29 is 19.0 Å². The highest BCUT2D eigenvalue weighted by atomic mass is 35.5. The van der Waals surface area contributed by atoms with E-state index in [-0.39, 0.29) is 31.2 Å². The molecule has 0 aliphatic carbocycles. The molecule has 52 heavy (non-hydrogen) atoms. The van der Waals surface area contributed by atoms with Gasteiger partial charge in [-0.15, -0.1) is 0 Å². The molecule has 5 aromatic carbocycles. The fourth-order valence-corrected chi connectivity index (χ4v) is 7.35. The molecule has 5 aromatic rings. The van der Waals surface area contributed by atoms with Gasteiger partial charge < -0.3 is 24.8 Å². The summed E-state index contributed by atoms with van der Waals surface area (Å²) in [5.41, 5.74) is 5.49. The van der Waals surface area contributed by atoms with Crippen LogP contribution in [0.3, 0.4) is 0 Å². The van der Waals surface area contributed by atoms with Crippen molar-refractivity contribution >= 4 is 74.9 Å². The van der Waals surface area contributed by atoms with Gasteiger partial charge in [0.15, 0.2) is 5.60 Å². The van der Waals surface area contributed by atoms with E-state index >= 15 is 0 Å². The summed E-state index contributed by atoms with van der Waals surface area (Å²) in [5.74, 6) is 0.690. The first-order chi connectivity index (χ1) is 25.1. The molecule has 0 spiro atoms. The molecule has 0 unspecified atom stereocenters. The lowest BCUT2D eigenvalue weighted by molar-refractivity contribution is 0.0300. The molecule has 6 rings (SSSR count). The fraction of sp³-hybridized carbons (Fsp3) is 0.167. The van der Waals surface area contributed by atoms with E-state index in [2.05, 4.69) is 10.6 Å². The number of nitrogens with one attached hydrogen (secondary N) is 2. The number of ether oxygens (including phenoxy) is 3. The third kappa shape index (κ3) is 7.35. The summed E-state index contributed by atoms with van der Waals surface area (Å²) in [7, 11) is 3.23. The lowest BCUT2D eigenvalue weighted by Crippen LogP contribution is -2.23. The highest BCUT2D eigenvalue weighted by Gasteiger charge is 2.48. The Morgan fingerprint density at radius 3 is 1.33 bits per heavy atom. The minimum Gasteiger partial charge on any atom is -0.497 e. The molecule has 0 atom stereocenters. The molecule has 10 heteroatoms. The summed E-state index contributed by atoms with van der Waals surface area (Å²) < 4.78 is 17.5. The van der Waals surface area contributed by atoms with Crippen LogP contribution in [0.4, 0.5) is 11.4 Å². The summed E-state index contributed by atoms with van der Waals surface area (Å²) in [6.45, 7) is 5.62. The van der Waals surface area contributed by atoms with Gasteiger partial charge in [-0.05, 0) is 108 Å². The molecule has 1 aliphatic heterocycles. The van der Waals surface area contributed by atoms with E-state index in [1.54, 1.807) is 14.2 Å². The molecule has 1 aliphatic rings. The zero-order valence-corrected chi connectivity index (χ0v) is 32.0. The Bertz CT molecular complexity index is 2040. The first-order valence-electron chi connectivity index (χ1n) is 16.7. The van der Waals surface area contributed by atoms with Crippen LogP contribution in [-0.4, -0.2) is 33.3 Å². The number of benzene rings is 5. The third-order valence-electron chi connectivity index (χ3n) is 8.80. The predicted molar refractivity (Wildman–Crippen MR) is 215 cm³/mol. The quantitative estimate of drug-likeness (QED) is 0.0747. The number of anilines is 2. The van der Waals surface area contributed by atoms with Gasteiger partial charge in [-0.3, -0.25) is 0 Å². The number of esters is 1. The minimum atomic E-state index is -1.63. The summed E-state index contributed by atoms with van der Waals surface area (Å²) >= 11 is 27.2. The van der Waals surface area contributed by atoms with Gasteiger partial charge in [-0.2, -0.15) is 0 Å². The van der Waals surface area contributed by atoms with Gasteiger partial charge in [-0.25, -0.2) is 4.79 Å². The second kappa shape index (κ2) is 16.0. The zero-order valence-electron chi connectivity index (χ0n) is 29.0. The van der Waals surface area contributed by atoms with E-state index in [4.69, 9.17) is 60.6 Å². The van der Waals surface area contributed by atoms with Crippen molar-refractivity contribution in [2.24, 2.45) is 0 Å². The molecule has 0 fully saturated rings. The molecule has 0 radical (unpaired) electrons. The predicted octanol–water partition coefficient (Wildman–Crippen LogP) is 11.8. The average molecular weight is 775 g/mol. The molecule has 0 aromatic heterocycles. The monoisotopic (exact) mass is 772 g/mol. The van der Waals surface area contributed by atoms with Crippen LogP contribution >= 0.6 is 46.4 Å². The topological polar surface area (TPSA) is 68.8 Å². The number of hydrogen-bond donors (Lipinski definition) is 2. The molecule has 1 heterocycles. The maximum Gasteiger partial charge on any atom is 0.341 e. The Morgan fingerprint density at radius 2 is 0.962 bits per heavy atom. The van der Waals surface area contributed by atoms with E-state index in [1.807, 2.05) is 123 Å². The first-order valence-corrected chi connectivity index (χ1v) is 18.2. The van der Waals surface area contributed by atoms with Crippen molar-refractivity contribution in [1.82, 2.24) is 0 Å². The molecule has 0 amide bonds. The highest BCUT2D eigenvalue weighted by Crippen LogP contribution is 2.53.